The van der Waals surface area contributed by atoms with E-state index in [9.17, 15) is 0 Å². The number of fused-ring (bicyclic) bond motifs is 7. The molecule has 0 amide bonds. The number of benzene rings is 9. The molecule has 12 aromatic rings. The first-order chi connectivity index (χ1) is 29.7. The number of nitrogens with zero attached hydrogens (tertiary/aromatic N) is 3. The van der Waals surface area contributed by atoms with Crippen molar-refractivity contribution in [1.82, 2.24) is 15.0 Å². The van der Waals surface area contributed by atoms with Gasteiger partial charge in [-0.05, 0) is 74.5 Å². The van der Waals surface area contributed by atoms with Gasteiger partial charge in [0, 0.05) is 38.2 Å². The van der Waals surface area contributed by atoms with Crippen LogP contribution in [0.5, 0.6) is 0 Å². The SMILES string of the molecule is c1ccc(-c2ccc(-c3nc(-c4cccc5c(-c6cc(-c7ccccc7)cc7oc8ccccc8c67)cccc45)nc(-c4cccc5oc6ccccc6c45)n3)cc2)cc1. The zero-order chi connectivity index (χ0) is 39.6. The van der Waals surface area contributed by atoms with Gasteiger partial charge in [0.1, 0.15) is 22.3 Å². The van der Waals surface area contributed by atoms with Crippen LogP contribution in [0.2, 0.25) is 0 Å². The molecule has 0 aliphatic rings. The van der Waals surface area contributed by atoms with Crippen LogP contribution in [0, 0.1) is 0 Å². The van der Waals surface area contributed by atoms with Crippen molar-refractivity contribution in [2.45, 2.75) is 0 Å². The maximum absolute atomic E-state index is 6.54. The van der Waals surface area contributed by atoms with Crippen LogP contribution in [0.25, 0.3) is 122 Å². The number of hydrogen-bond donors (Lipinski definition) is 0. The maximum Gasteiger partial charge on any atom is 0.164 e. The average molecular weight is 768 g/mol. The zero-order valence-corrected chi connectivity index (χ0v) is 32.2. The fourth-order valence-corrected chi connectivity index (χ4v) is 8.75. The maximum atomic E-state index is 6.54. The molecular weight excluding hydrogens is 735 g/mol. The summed E-state index contributed by atoms with van der Waals surface area (Å²) < 4.78 is 12.9. The second kappa shape index (κ2) is 13.8. The summed E-state index contributed by atoms with van der Waals surface area (Å²) in [4.78, 5) is 15.8. The van der Waals surface area contributed by atoms with Gasteiger partial charge in [0.05, 0.1) is 0 Å². The molecule has 0 N–H and O–H groups in total. The first-order valence-electron chi connectivity index (χ1n) is 20.1. The Labute approximate surface area is 344 Å². The minimum Gasteiger partial charge on any atom is -0.456 e. The van der Waals surface area contributed by atoms with Gasteiger partial charge in [-0.15, -0.1) is 0 Å². The molecule has 0 fully saturated rings. The normalized spacial score (nSPS) is 11.7. The summed E-state index contributed by atoms with van der Waals surface area (Å²) in [5.74, 6) is 1.76. The van der Waals surface area contributed by atoms with Gasteiger partial charge in [-0.1, -0.05) is 170 Å². The van der Waals surface area contributed by atoms with Crippen LogP contribution < -0.4 is 0 Å². The van der Waals surface area contributed by atoms with Crippen molar-refractivity contribution in [3.8, 4) is 67.5 Å². The van der Waals surface area contributed by atoms with Crippen molar-refractivity contribution >= 4 is 54.6 Å². The van der Waals surface area contributed by atoms with Crippen LogP contribution in [-0.4, -0.2) is 15.0 Å². The van der Waals surface area contributed by atoms with Gasteiger partial charge in [-0.3, -0.25) is 0 Å². The fourth-order valence-electron chi connectivity index (χ4n) is 8.75. The van der Waals surface area contributed by atoms with Gasteiger partial charge >= 0.3 is 0 Å². The Bertz CT molecular complexity index is 3590. The Balaban J connectivity index is 1.09. The van der Waals surface area contributed by atoms with Gasteiger partial charge in [-0.25, -0.2) is 15.0 Å². The van der Waals surface area contributed by atoms with E-state index in [0.717, 1.165) is 105 Å². The zero-order valence-electron chi connectivity index (χ0n) is 32.2. The summed E-state index contributed by atoms with van der Waals surface area (Å²) in [5.41, 5.74) is 12.7. The van der Waals surface area contributed by atoms with Crippen molar-refractivity contribution in [1.29, 1.82) is 0 Å². The van der Waals surface area contributed by atoms with E-state index < -0.39 is 0 Å². The van der Waals surface area contributed by atoms with Crippen LogP contribution in [0.15, 0.2) is 209 Å². The highest BCUT2D eigenvalue weighted by atomic mass is 16.3. The molecule has 0 atom stereocenters. The lowest BCUT2D eigenvalue weighted by molar-refractivity contribution is 0.668. The molecule has 0 unspecified atom stereocenters. The van der Waals surface area contributed by atoms with E-state index in [1.54, 1.807) is 0 Å². The van der Waals surface area contributed by atoms with Gasteiger partial charge in [0.25, 0.3) is 0 Å². The largest absolute Gasteiger partial charge is 0.456 e. The van der Waals surface area contributed by atoms with Crippen LogP contribution in [0.3, 0.4) is 0 Å². The van der Waals surface area contributed by atoms with Gasteiger partial charge in [0.2, 0.25) is 0 Å². The molecule has 9 aromatic carbocycles. The van der Waals surface area contributed by atoms with Crippen molar-refractivity contribution in [3.63, 3.8) is 0 Å². The molecule has 5 heteroatoms. The smallest absolute Gasteiger partial charge is 0.164 e. The summed E-state index contributed by atoms with van der Waals surface area (Å²) in [5, 5.41) is 6.30. The predicted octanol–water partition coefficient (Wildman–Crippen LogP) is 14.8. The molecule has 0 saturated carbocycles. The molecule has 0 bridgehead atoms. The number of rotatable bonds is 6. The molecular formula is C55H33N3O2. The Kier molecular flexibility index (Phi) is 7.78. The highest BCUT2D eigenvalue weighted by Crippen LogP contribution is 2.44. The second-order valence-corrected chi connectivity index (χ2v) is 15.1. The molecule has 0 aliphatic carbocycles. The Morgan fingerprint density at radius 3 is 1.40 bits per heavy atom. The minimum absolute atomic E-state index is 0.578. The Morgan fingerprint density at radius 1 is 0.250 bits per heavy atom. The predicted molar refractivity (Wildman–Crippen MR) is 245 cm³/mol. The summed E-state index contributed by atoms with van der Waals surface area (Å²) in [6, 6.07) is 69.2. The molecule has 0 saturated heterocycles. The van der Waals surface area contributed by atoms with Gasteiger partial charge in [-0.2, -0.15) is 0 Å². The third-order valence-corrected chi connectivity index (χ3v) is 11.6. The second-order valence-electron chi connectivity index (χ2n) is 15.1. The van der Waals surface area contributed by atoms with Crippen LogP contribution in [-0.2, 0) is 0 Å². The number of hydrogen-bond acceptors (Lipinski definition) is 5. The molecule has 0 aliphatic heterocycles. The van der Waals surface area contributed by atoms with Gasteiger partial charge < -0.3 is 8.83 Å². The van der Waals surface area contributed by atoms with E-state index in [2.05, 4.69) is 146 Å². The van der Waals surface area contributed by atoms with Gasteiger partial charge in [0.15, 0.2) is 17.5 Å². The number of para-hydroxylation sites is 2. The number of furan rings is 2. The monoisotopic (exact) mass is 767 g/mol. The molecule has 5 nitrogen and oxygen atoms in total. The first kappa shape index (κ1) is 33.9. The molecule has 0 radical (unpaired) electrons. The first-order valence-corrected chi connectivity index (χ1v) is 20.1. The highest BCUT2D eigenvalue weighted by molar-refractivity contribution is 6.17. The quantitative estimate of drug-likeness (QED) is 0.169. The van der Waals surface area contributed by atoms with E-state index in [1.807, 2.05) is 54.6 Å². The third kappa shape index (κ3) is 5.59. The summed E-state index contributed by atoms with van der Waals surface area (Å²) >= 11 is 0. The summed E-state index contributed by atoms with van der Waals surface area (Å²) in [7, 11) is 0. The standard InChI is InChI=1S/C55H33N3O2/c1-3-14-34(15-4-1)36-28-30-37(31-29-36)53-56-54(58-55(57-53)45-24-13-27-49-51(45)43-18-7-9-25-47(43)59-49)42-23-12-20-39-40(42)21-11-22-41(39)46-32-38(35-16-5-2-6-17-35)33-50-52(46)44-19-8-10-26-48(44)60-50/h1-33H. The van der Waals surface area contributed by atoms with E-state index >= 15 is 0 Å². The van der Waals surface area contributed by atoms with Crippen molar-refractivity contribution in [2.75, 3.05) is 0 Å². The molecule has 12 rings (SSSR count). The average Bonchev–Trinajstić information content (AvgIpc) is 3.90. The lowest BCUT2D eigenvalue weighted by atomic mass is 9.90. The van der Waals surface area contributed by atoms with E-state index in [1.165, 1.54) is 0 Å². The summed E-state index contributed by atoms with van der Waals surface area (Å²) in [6.07, 6.45) is 0. The Morgan fingerprint density at radius 2 is 0.700 bits per heavy atom. The van der Waals surface area contributed by atoms with Crippen LogP contribution >= 0.6 is 0 Å². The highest BCUT2D eigenvalue weighted by Gasteiger charge is 2.21. The molecule has 280 valence electrons. The van der Waals surface area contributed by atoms with Crippen LogP contribution in [0.4, 0.5) is 0 Å². The minimum atomic E-state index is 0.578. The lowest BCUT2D eigenvalue weighted by Gasteiger charge is -2.14. The van der Waals surface area contributed by atoms with Crippen molar-refractivity contribution in [2.24, 2.45) is 0 Å². The lowest BCUT2D eigenvalue weighted by Crippen LogP contribution is -2.01. The molecule has 3 aromatic heterocycles. The molecule has 0 spiro atoms. The molecule has 3 heterocycles. The number of aromatic nitrogens is 3. The van der Waals surface area contributed by atoms with Crippen molar-refractivity contribution < 1.29 is 8.83 Å². The topological polar surface area (TPSA) is 65.0 Å². The molecule has 60 heavy (non-hydrogen) atoms. The van der Waals surface area contributed by atoms with E-state index in [4.69, 9.17) is 23.8 Å². The summed E-state index contributed by atoms with van der Waals surface area (Å²) in [6.45, 7) is 0. The van der Waals surface area contributed by atoms with Crippen LogP contribution in [0.1, 0.15) is 0 Å². The van der Waals surface area contributed by atoms with E-state index in [0.29, 0.717) is 17.5 Å². The Hall–Kier alpha value is -8.15. The third-order valence-electron chi connectivity index (χ3n) is 11.6. The van der Waals surface area contributed by atoms with Crippen molar-refractivity contribution in [3.05, 3.63) is 200 Å². The fraction of sp³-hybridized carbons (Fsp3) is 0. The van der Waals surface area contributed by atoms with E-state index in [-0.39, 0.29) is 0 Å².